The van der Waals surface area contributed by atoms with Crippen molar-refractivity contribution < 1.29 is 4.74 Å². The summed E-state index contributed by atoms with van der Waals surface area (Å²) in [5, 5.41) is 3.58. The second-order valence-electron chi connectivity index (χ2n) is 9.37. The number of aromatic nitrogens is 2. The molecule has 0 radical (unpaired) electrons. The maximum atomic E-state index is 5.78. The molecule has 0 saturated heterocycles. The van der Waals surface area contributed by atoms with Crippen molar-refractivity contribution in [1.82, 2.24) is 9.55 Å². The number of nitrogens with zero attached hydrogens (tertiary/aromatic N) is 2. The Bertz CT molecular complexity index is 1210. The van der Waals surface area contributed by atoms with Gasteiger partial charge in [-0.1, -0.05) is 80.6 Å². The predicted molar refractivity (Wildman–Crippen MR) is 147 cm³/mol. The third-order valence-corrected chi connectivity index (χ3v) is 6.59. The predicted octanol–water partition coefficient (Wildman–Crippen LogP) is 7.66. The summed E-state index contributed by atoms with van der Waals surface area (Å²) in [6.45, 7) is 10.3. The monoisotopic (exact) mass is 553 g/mol. The summed E-state index contributed by atoms with van der Waals surface area (Å²) in [4.78, 5) is 4.93. The van der Waals surface area contributed by atoms with Gasteiger partial charge in [-0.05, 0) is 64.9 Å². The van der Waals surface area contributed by atoms with Crippen LogP contribution in [0.25, 0.3) is 16.7 Å². The smallest absolute Gasteiger partial charge is 0.208 e. The SMILES string of the molecule is CCCOc1ccc(-n2c(NCc3ccc(C(C)(C)C)cc3)nc3ccc(CI)cc32)cc1. The van der Waals surface area contributed by atoms with Crippen LogP contribution in [0.5, 0.6) is 5.75 Å². The lowest BCUT2D eigenvalue weighted by molar-refractivity contribution is 0.317. The summed E-state index contributed by atoms with van der Waals surface area (Å²) in [7, 11) is 0. The number of imidazole rings is 1. The van der Waals surface area contributed by atoms with Crippen LogP contribution in [-0.4, -0.2) is 16.2 Å². The van der Waals surface area contributed by atoms with Gasteiger partial charge in [-0.2, -0.15) is 0 Å². The highest BCUT2D eigenvalue weighted by molar-refractivity contribution is 14.1. The van der Waals surface area contributed by atoms with E-state index in [-0.39, 0.29) is 5.41 Å². The molecule has 0 aliphatic heterocycles. The first-order chi connectivity index (χ1) is 15.9. The lowest BCUT2D eigenvalue weighted by atomic mass is 9.87. The van der Waals surface area contributed by atoms with Crippen molar-refractivity contribution in [3.05, 3.63) is 83.4 Å². The maximum Gasteiger partial charge on any atom is 0.208 e. The molecule has 0 aliphatic rings. The largest absolute Gasteiger partial charge is 0.494 e. The molecule has 1 aromatic heterocycles. The molecular weight excluding hydrogens is 521 g/mol. The molecule has 0 aliphatic carbocycles. The van der Waals surface area contributed by atoms with E-state index in [1.807, 2.05) is 12.1 Å². The fourth-order valence-corrected chi connectivity index (χ4v) is 4.27. The summed E-state index contributed by atoms with van der Waals surface area (Å²) in [5.74, 6) is 1.74. The molecular formula is C28H32IN3O. The minimum Gasteiger partial charge on any atom is -0.494 e. The van der Waals surface area contributed by atoms with E-state index in [1.54, 1.807) is 0 Å². The highest BCUT2D eigenvalue weighted by Crippen LogP contribution is 2.28. The van der Waals surface area contributed by atoms with Crippen LogP contribution < -0.4 is 10.1 Å². The number of benzene rings is 3. The Kier molecular flexibility index (Phi) is 7.27. The Morgan fingerprint density at radius 2 is 1.64 bits per heavy atom. The van der Waals surface area contributed by atoms with Crippen molar-refractivity contribution in [2.75, 3.05) is 11.9 Å². The van der Waals surface area contributed by atoms with E-state index in [0.717, 1.165) is 45.9 Å². The normalized spacial score (nSPS) is 11.7. The number of rotatable bonds is 8. The molecule has 172 valence electrons. The molecule has 1 heterocycles. The van der Waals surface area contributed by atoms with Crippen LogP contribution in [0.1, 0.15) is 50.8 Å². The Morgan fingerprint density at radius 1 is 0.939 bits per heavy atom. The zero-order chi connectivity index (χ0) is 23.4. The molecule has 0 saturated carbocycles. The lowest BCUT2D eigenvalue weighted by Crippen LogP contribution is -2.11. The fourth-order valence-electron chi connectivity index (χ4n) is 3.80. The van der Waals surface area contributed by atoms with Crippen molar-refractivity contribution in [2.45, 2.75) is 50.5 Å². The van der Waals surface area contributed by atoms with Crippen molar-refractivity contribution >= 4 is 39.6 Å². The van der Waals surface area contributed by atoms with E-state index >= 15 is 0 Å². The number of nitrogens with one attached hydrogen (secondary N) is 1. The van der Waals surface area contributed by atoms with Crippen LogP contribution >= 0.6 is 22.6 Å². The summed E-state index contributed by atoms with van der Waals surface area (Å²) in [6.07, 6.45) is 0.998. The number of halogens is 1. The van der Waals surface area contributed by atoms with Crippen LogP contribution in [-0.2, 0) is 16.4 Å². The van der Waals surface area contributed by atoms with Gasteiger partial charge in [-0.3, -0.25) is 4.57 Å². The summed E-state index contributed by atoms with van der Waals surface area (Å²) >= 11 is 2.41. The average molecular weight is 553 g/mol. The zero-order valence-electron chi connectivity index (χ0n) is 19.9. The van der Waals surface area contributed by atoms with Crippen molar-refractivity contribution in [2.24, 2.45) is 0 Å². The average Bonchev–Trinajstić information content (AvgIpc) is 3.19. The number of anilines is 1. The first-order valence-electron chi connectivity index (χ1n) is 11.5. The molecule has 0 amide bonds. The second kappa shape index (κ2) is 10.2. The van der Waals surface area contributed by atoms with Crippen LogP contribution in [0, 0.1) is 0 Å². The quantitative estimate of drug-likeness (QED) is 0.180. The van der Waals surface area contributed by atoms with Crippen LogP contribution in [0.3, 0.4) is 0 Å². The van der Waals surface area contributed by atoms with Gasteiger partial charge in [0.15, 0.2) is 0 Å². The summed E-state index contributed by atoms with van der Waals surface area (Å²) < 4.78 is 8.95. The van der Waals surface area contributed by atoms with Crippen molar-refractivity contribution in [3.8, 4) is 11.4 Å². The van der Waals surface area contributed by atoms with Gasteiger partial charge in [0.25, 0.3) is 0 Å². The third kappa shape index (κ3) is 5.52. The number of hydrogen-bond acceptors (Lipinski definition) is 3. The fraction of sp³-hybridized carbons (Fsp3) is 0.321. The molecule has 5 heteroatoms. The summed E-state index contributed by atoms with van der Waals surface area (Å²) in [6, 6.07) is 23.6. The van der Waals surface area contributed by atoms with E-state index in [0.29, 0.717) is 6.54 Å². The van der Waals surface area contributed by atoms with Gasteiger partial charge in [0.1, 0.15) is 5.75 Å². The van der Waals surface area contributed by atoms with E-state index in [1.165, 1.54) is 16.7 Å². The molecule has 0 fully saturated rings. The van der Waals surface area contributed by atoms with Crippen LogP contribution in [0.15, 0.2) is 66.7 Å². The molecule has 0 unspecified atom stereocenters. The Labute approximate surface area is 210 Å². The Hall–Kier alpha value is -2.54. The van der Waals surface area contributed by atoms with Crippen molar-refractivity contribution in [3.63, 3.8) is 0 Å². The molecule has 4 rings (SSSR count). The minimum absolute atomic E-state index is 0.156. The van der Waals surface area contributed by atoms with Gasteiger partial charge >= 0.3 is 0 Å². The Morgan fingerprint density at radius 3 is 2.27 bits per heavy atom. The summed E-state index contributed by atoms with van der Waals surface area (Å²) in [5.41, 5.74) is 7.18. The van der Waals surface area contributed by atoms with Gasteiger partial charge in [0, 0.05) is 16.7 Å². The molecule has 3 aromatic carbocycles. The number of ether oxygens (including phenoxy) is 1. The van der Waals surface area contributed by atoms with Crippen LogP contribution in [0.2, 0.25) is 0 Å². The van der Waals surface area contributed by atoms with E-state index in [9.17, 15) is 0 Å². The number of fused-ring (bicyclic) bond motifs is 1. The minimum atomic E-state index is 0.156. The first kappa shape index (κ1) is 23.6. The standard InChI is InChI=1S/C28H32IN3O/c1-5-16-33-24-13-11-23(12-14-24)32-26-17-21(18-29)8-15-25(26)31-27(32)30-19-20-6-9-22(10-7-20)28(2,3)4/h6-15,17H,5,16,18-19H2,1-4H3,(H,30,31). The van der Waals surface area contributed by atoms with E-state index in [2.05, 4.69) is 115 Å². The van der Waals surface area contributed by atoms with Crippen molar-refractivity contribution in [1.29, 1.82) is 0 Å². The molecule has 33 heavy (non-hydrogen) atoms. The van der Waals surface area contributed by atoms with Gasteiger partial charge in [0.2, 0.25) is 5.95 Å². The number of hydrogen-bond donors (Lipinski definition) is 1. The molecule has 1 N–H and O–H groups in total. The topological polar surface area (TPSA) is 39.1 Å². The number of alkyl halides is 1. The van der Waals surface area contributed by atoms with E-state index in [4.69, 9.17) is 9.72 Å². The van der Waals surface area contributed by atoms with Gasteiger partial charge in [0.05, 0.1) is 17.6 Å². The molecule has 0 atom stereocenters. The Balaban J connectivity index is 1.66. The first-order valence-corrected chi connectivity index (χ1v) is 13.1. The molecule has 0 bridgehead atoms. The highest BCUT2D eigenvalue weighted by atomic mass is 127. The highest BCUT2D eigenvalue weighted by Gasteiger charge is 2.15. The van der Waals surface area contributed by atoms with Gasteiger partial charge in [-0.15, -0.1) is 0 Å². The maximum absolute atomic E-state index is 5.78. The van der Waals surface area contributed by atoms with Gasteiger partial charge in [-0.25, -0.2) is 4.98 Å². The molecule has 4 nitrogen and oxygen atoms in total. The second-order valence-corrected chi connectivity index (χ2v) is 10.1. The molecule has 0 spiro atoms. The van der Waals surface area contributed by atoms with E-state index < -0.39 is 0 Å². The lowest BCUT2D eigenvalue weighted by Gasteiger charge is -2.19. The third-order valence-electron chi connectivity index (χ3n) is 5.71. The van der Waals surface area contributed by atoms with Crippen LogP contribution in [0.4, 0.5) is 5.95 Å². The zero-order valence-corrected chi connectivity index (χ0v) is 22.0. The van der Waals surface area contributed by atoms with Gasteiger partial charge < -0.3 is 10.1 Å². The molecule has 4 aromatic rings.